The maximum absolute atomic E-state index is 5.47. The second kappa shape index (κ2) is 4.91. The van der Waals surface area contributed by atoms with E-state index in [2.05, 4.69) is 42.4 Å². The molecule has 21 heavy (non-hydrogen) atoms. The molecule has 0 aliphatic heterocycles. The first-order chi connectivity index (χ1) is 9.91. The molecule has 0 spiro atoms. The van der Waals surface area contributed by atoms with Crippen molar-refractivity contribution < 1.29 is 4.42 Å². The number of anilines is 1. The Kier molecular flexibility index (Phi) is 3.20. The number of hydrogen-bond donors (Lipinski definition) is 1. The predicted molar refractivity (Wildman–Crippen MR) is 83.3 cm³/mol. The summed E-state index contributed by atoms with van der Waals surface area (Å²) < 4.78 is 7.45. The third-order valence-electron chi connectivity index (χ3n) is 3.31. The van der Waals surface area contributed by atoms with E-state index in [0.717, 1.165) is 28.9 Å². The second-order valence-corrected chi connectivity index (χ2v) is 6.23. The minimum atomic E-state index is 0.00933. The van der Waals surface area contributed by atoms with Crippen LogP contribution in [0.4, 0.5) is 5.69 Å². The number of aromatic nitrogens is 3. The zero-order valence-corrected chi connectivity index (χ0v) is 12.8. The lowest BCUT2D eigenvalue weighted by Crippen LogP contribution is -2.21. The zero-order chi connectivity index (χ0) is 15.0. The van der Waals surface area contributed by atoms with E-state index in [1.165, 1.54) is 0 Å². The van der Waals surface area contributed by atoms with Crippen molar-refractivity contribution in [2.75, 3.05) is 5.32 Å². The Hall–Kier alpha value is -2.30. The van der Waals surface area contributed by atoms with Gasteiger partial charge in [-0.25, -0.2) is 4.98 Å². The average Bonchev–Trinajstić information content (AvgIpc) is 3.00. The summed E-state index contributed by atoms with van der Waals surface area (Å²) in [7, 11) is 0. The van der Waals surface area contributed by atoms with Crippen molar-refractivity contribution in [1.29, 1.82) is 0 Å². The van der Waals surface area contributed by atoms with Crippen molar-refractivity contribution in [2.45, 2.75) is 39.8 Å². The van der Waals surface area contributed by atoms with Gasteiger partial charge in [-0.3, -0.25) is 4.68 Å². The van der Waals surface area contributed by atoms with Gasteiger partial charge in [-0.2, -0.15) is 5.10 Å². The number of nitrogens with one attached hydrogen (secondary N) is 1. The molecule has 0 aliphatic rings. The molecule has 3 aromatic rings. The Labute approximate surface area is 124 Å². The molecule has 0 radical (unpaired) electrons. The number of oxazole rings is 1. The molecule has 2 aromatic heterocycles. The number of benzene rings is 1. The fraction of sp³-hybridized carbons (Fsp3) is 0.375. The topological polar surface area (TPSA) is 55.9 Å². The minimum Gasteiger partial charge on any atom is -0.441 e. The number of aryl methyl sites for hydroxylation is 1. The average molecular weight is 284 g/mol. The van der Waals surface area contributed by atoms with E-state index in [4.69, 9.17) is 4.42 Å². The van der Waals surface area contributed by atoms with Crippen molar-refractivity contribution in [2.24, 2.45) is 0 Å². The molecule has 5 heteroatoms. The molecule has 1 aromatic carbocycles. The van der Waals surface area contributed by atoms with E-state index in [1.54, 1.807) is 0 Å². The summed E-state index contributed by atoms with van der Waals surface area (Å²) in [5.74, 6) is 0.689. The number of nitrogens with zero attached hydrogens (tertiary/aromatic N) is 3. The highest BCUT2D eigenvalue weighted by Crippen LogP contribution is 2.20. The van der Waals surface area contributed by atoms with Gasteiger partial charge in [0, 0.05) is 30.9 Å². The third kappa shape index (κ3) is 2.91. The van der Waals surface area contributed by atoms with Crippen LogP contribution in [-0.2, 0) is 12.1 Å². The van der Waals surface area contributed by atoms with Gasteiger partial charge in [-0.1, -0.05) is 0 Å². The SMILES string of the molecule is Cc1nc2cc(NCc3cnn(C(C)(C)C)c3)ccc2o1. The zero-order valence-electron chi connectivity index (χ0n) is 12.8. The van der Waals surface area contributed by atoms with Crippen LogP contribution in [0.5, 0.6) is 0 Å². The first-order valence-electron chi connectivity index (χ1n) is 7.07. The predicted octanol–water partition coefficient (Wildman–Crippen LogP) is 3.70. The summed E-state index contributed by atoms with van der Waals surface area (Å²) in [6.45, 7) is 9.00. The second-order valence-electron chi connectivity index (χ2n) is 6.23. The molecule has 0 bridgehead atoms. The summed E-state index contributed by atoms with van der Waals surface area (Å²) in [5, 5.41) is 7.79. The van der Waals surface area contributed by atoms with Gasteiger partial charge in [0.25, 0.3) is 0 Å². The molecule has 5 nitrogen and oxygen atoms in total. The van der Waals surface area contributed by atoms with Crippen LogP contribution in [0.3, 0.4) is 0 Å². The molecule has 0 saturated carbocycles. The van der Waals surface area contributed by atoms with Crippen LogP contribution in [0, 0.1) is 6.92 Å². The Balaban J connectivity index is 1.72. The highest BCUT2D eigenvalue weighted by molar-refractivity contribution is 5.77. The van der Waals surface area contributed by atoms with Gasteiger partial charge in [0.15, 0.2) is 11.5 Å². The monoisotopic (exact) mass is 284 g/mol. The third-order valence-corrected chi connectivity index (χ3v) is 3.31. The maximum atomic E-state index is 5.47. The molecular weight excluding hydrogens is 264 g/mol. The maximum Gasteiger partial charge on any atom is 0.192 e. The van der Waals surface area contributed by atoms with Crippen LogP contribution >= 0.6 is 0 Å². The molecule has 0 saturated heterocycles. The standard InChI is InChI=1S/C16H20N4O/c1-11-19-14-7-13(5-6-15(14)21-11)17-8-12-9-18-20(10-12)16(2,3)4/h5-7,9-10,17H,8H2,1-4H3. The van der Waals surface area contributed by atoms with E-state index < -0.39 is 0 Å². The smallest absolute Gasteiger partial charge is 0.192 e. The quantitative estimate of drug-likeness (QED) is 0.796. The molecule has 0 amide bonds. The Bertz CT molecular complexity index is 764. The summed E-state index contributed by atoms with van der Waals surface area (Å²) >= 11 is 0. The van der Waals surface area contributed by atoms with Crippen molar-refractivity contribution in [3.05, 3.63) is 42.0 Å². The number of rotatable bonds is 3. The van der Waals surface area contributed by atoms with Gasteiger partial charge in [-0.05, 0) is 39.0 Å². The summed E-state index contributed by atoms with van der Waals surface area (Å²) in [6, 6.07) is 5.94. The van der Waals surface area contributed by atoms with Crippen molar-refractivity contribution in [3.63, 3.8) is 0 Å². The van der Waals surface area contributed by atoms with Gasteiger partial charge in [-0.15, -0.1) is 0 Å². The van der Waals surface area contributed by atoms with E-state index >= 15 is 0 Å². The van der Waals surface area contributed by atoms with Crippen molar-refractivity contribution in [3.8, 4) is 0 Å². The van der Waals surface area contributed by atoms with E-state index in [9.17, 15) is 0 Å². The molecule has 3 rings (SSSR count). The number of fused-ring (bicyclic) bond motifs is 1. The number of hydrogen-bond acceptors (Lipinski definition) is 4. The van der Waals surface area contributed by atoms with Crippen LogP contribution in [0.2, 0.25) is 0 Å². The first-order valence-corrected chi connectivity index (χ1v) is 7.07. The van der Waals surface area contributed by atoms with Crippen molar-refractivity contribution in [1.82, 2.24) is 14.8 Å². The lowest BCUT2D eigenvalue weighted by Gasteiger charge is -2.18. The molecule has 0 unspecified atom stereocenters. The highest BCUT2D eigenvalue weighted by atomic mass is 16.3. The molecule has 2 heterocycles. The molecular formula is C16H20N4O. The molecule has 1 N–H and O–H groups in total. The van der Waals surface area contributed by atoms with Gasteiger partial charge >= 0.3 is 0 Å². The fourth-order valence-corrected chi connectivity index (χ4v) is 2.17. The van der Waals surface area contributed by atoms with Crippen LogP contribution < -0.4 is 5.32 Å². The summed E-state index contributed by atoms with van der Waals surface area (Å²) in [5.41, 5.74) is 3.89. The highest BCUT2D eigenvalue weighted by Gasteiger charge is 2.13. The van der Waals surface area contributed by atoms with E-state index in [1.807, 2.05) is 36.0 Å². The Morgan fingerprint density at radius 1 is 1.29 bits per heavy atom. The normalized spacial score (nSPS) is 12.0. The summed E-state index contributed by atoms with van der Waals surface area (Å²) in [6.07, 6.45) is 3.98. The Morgan fingerprint density at radius 3 is 2.81 bits per heavy atom. The van der Waals surface area contributed by atoms with Crippen LogP contribution in [0.1, 0.15) is 32.2 Å². The Morgan fingerprint density at radius 2 is 2.10 bits per heavy atom. The van der Waals surface area contributed by atoms with E-state index in [-0.39, 0.29) is 5.54 Å². The van der Waals surface area contributed by atoms with Crippen LogP contribution in [0.15, 0.2) is 35.0 Å². The molecule has 0 atom stereocenters. The minimum absolute atomic E-state index is 0.00933. The largest absolute Gasteiger partial charge is 0.441 e. The molecule has 110 valence electrons. The van der Waals surface area contributed by atoms with Crippen LogP contribution in [0.25, 0.3) is 11.1 Å². The van der Waals surface area contributed by atoms with Gasteiger partial charge < -0.3 is 9.73 Å². The van der Waals surface area contributed by atoms with Gasteiger partial charge in [0.05, 0.1) is 11.7 Å². The molecule has 0 aliphatic carbocycles. The van der Waals surface area contributed by atoms with Gasteiger partial charge in [0.1, 0.15) is 5.52 Å². The first kappa shape index (κ1) is 13.7. The summed E-state index contributed by atoms with van der Waals surface area (Å²) in [4.78, 5) is 4.34. The fourth-order valence-electron chi connectivity index (χ4n) is 2.17. The van der Waals surface area contributed by atoms with E-state index in [0.29, 0.717) is 5.89 Å². The lowest BCUT2D eigenvalue weighted by atomic mass is 10.1. The van der Waals surface area contributed by atoms with Crippen molar-refractivity contribution >= 4 is 16.8 Å². The van der Waals surface area contributed by atoms with Crippen LogP contribution in [-0.4, -0.2) is 14.8 Å². The molecule has 0 fully saturated rings. The lowest BCUT2D eigenvalue weighted by molar-refractivity contribution is 0.355. The van der Waals surface area contributed by atoms with Gasteiger partial charge in [0.2, 0.25) is 0 Å².